The van der Waals surface area contributed by atoms with Gasteiger partial charge in [-0.1, -0.05) is 0 Å². The lowest BCUT2D eigenvalue weighted by molar-refractivity contribution is 0.102. The lowest BCUT2D eigenvalue weighted by atomic mass is 10.2. The standard InChI is InChI=1S/C20H14N6OS/c1-26-10-14(9-23-26)15-4-3-13-8-21-19(7-17(13)24-15)25-20(27)12-2-5-16-18(6-12)28-11-22-16/h2-11H,1H3,(H,21,25,27). The molecule has 0 saturated carbocycles. The molecule has 4 heterocycles. The quantitative estimate of drug-likeness (QED) is 0.508. The molecule has 8 heteroatoms. The van der Waals surface area contributed by atoms with Crippen LogP contribution < -0.4 is 5.32 Å². The monoisotopic (exact) mass is 386 g/mol. The Hall–Kier alpha value is -3.65. The second-order valence-corrected chi connectivity index (χ2v) is 7.24. The minimum Gasteiger partial charge on any atom is -0.307 e. The van der Waals surface area contributed by atoms with Crippen molar-refractivity contribution in [3.05, 3.63) is 66.1 Å². The van der Waals surface area contributed by atoms with E-state index >= 15 is 0 Å². The van der Waals surface area contributed by atoms with Crippen LogP contribution in [0.1, 0.15) is 10.4 Å². The maximum atomic E-state index is 12.6. The summed E-state index contributed by atoms with van der Waals surface area (Å²) < 4.78 is 2.71. The highest BCUT2D eigenvalue weighted by atomic mass is 32.1. The van der Waals surface area contributed by atoms with E-state index in [1.54, 1.807) is 34.7 Å². The van der Waals surface area contributed by atoms with Crippen LogP contribution in [0.2, 0.25) is 0 Å². The summed E-state index contributed by atoms with van der Waals surface area (Å²) >= 11 is 1.50. The number of anilines is 1. The van der Waals surface area contributed by atoms with Gasteiger partial charge in [-0.15, -0.1) is 11.3 Å². The van der Waals surface area contributed by atoms with Crippen LogP contribution >= 0.6 is 11.3 Å². The van der Waals surface area contributed by atoms with Gasteiger partial charge < -0.3 is 5.32 Å². The summed E-state index contributed by atoms with van der Waals surface area (Å²) in [5.41, 5.74) is 5.73. The number of aromatic nitrogens is 5. The molecule has 0 bridgehead atoms. The van der Waals surface area contributed by atoms with Gasteiger partial charge in [0.1, 0.15) is 5.82 Å². The van der Waals surface area contributed by atoms with E-state index in [0.717, 1.165) is 32.4 Å². The van der Waals surface area contributed by atoms with Crippen molar-refractivity contribution in [2.45, 2.75) is 0 Å². The van der Waals surface area contributed by atoms with E-state index in [-0.39, 0.29) is 5.91 Å². The largest absolute Gasteiger partial charge is 0.307 e. The van der Waals surface area contributed by atoms with E-state index in [2.05, 4.69) is 25.4 Å². The van der Waals surface area contributed by atoms with Crippen LogP contribution in [0.15, 0.2) is 60.5 Å². The highest BCUT2D eigenvalue weighted by molar-refractivity contribution is 7.16. The van der Waals surface area contributed by atoms with Gasteiger partial charge in [-0.25, -0.2) is 15.0 Å². The molecule has 0 atom stereocenters. The zero-order valence-corrected chi connectivity index (χ0v) is 15.6. The molecule has 0 spiro atoms. The lowest BCUT2D eigenvalue weighted by Crippen LogP contribution is -2.12. The van der Waals surface area contributed by atoms with E-state index in [4.69, 9.17) is 0 Å². The Morgan fingerprint density at radius 1 is 1.07 bits per heavy atom. The minimum atomic E-state index is -0.217. The smallest absolute Gasteiger partial charge is 0.256 e. The van der Waals surface area contributed by atoms with Gasteiger partial charge in [0.2, 0.25) is 0 Å². The van der Waals surface area contributed by atoms with E-state index in [1.807, 2.05) is 37.5 Å². The molecule has 1 N–H and O–H groups in total. The molecule has 0 aliphatic heterocycles. The molecule has 7 nitrogen and oxygen atoms in total. The molecule has 0 fully saturated rings. The fourth-order valence-electron chi connectivity index (χ4n) is 2.98. The summed E-state index contributed by atoms with van der Waals surface area (Å²) in [6.45, 7) is 0. The SMILES string of the molecule is Cn1cc(-c2ccc3cnc(NC(=O)c4ccc5ncsc5c4)cc3n2)cn1. The van der Waals surface area contributed by atoms with E-state index in [1.165, 1.54) is 11.3 Å². The van der Waals surface area contributed by atoms with Crippen LogP contribution in [-0.2, 0) is 7.05 Å². The van der Waals surface area contributed by atoms with Gasteiger partial charge in [-0.2, -0.15) is 5.10 Å². The van der Waals surface area contributed by atoms with Gasteiger partial charge >= 0.3 is 0 Å². The third-order valence-corrected chi connectivity index (χ3v) is 5.20. The minimum absolute atomic E-state index is 0.217. The van der Waals surface area contributed by atoms with Gasteiger partial charge in [-0.05, 0) is 30.3 Å². The molecule has 136 valence electrons. The average Bonchev–Trinajstić information content (AvgIpc) is 3.35. The van der Waals surface area contributed by atoms with Gasteiger partial charge in [0, 0.05) is 42.0 Å². The first-order chi connectivity index (χ1) is 13.7. The van der Waals surface area contributed by atoms with Crippen molar-refractivity contribution in [2.75, 3.05) is 5.32 Å². The number of benzene rings is 1. The summed E-state index contributed by atoms with van der Waals surface area (Å²) in [6.07, 6.45) is 5.39. The molecule has 0 unspecified atom stereocenters. The molecule has 0 aliphatic carbocycles. The fourth-order valence-corrected chi connectivity index (χ4v) is 3.70. The summed E-state index contributed by atoms with van der Waals surface area (Å²) in [5.74, 6) is 0.239. The molecule has 28 heavy (non-hydrogen) atoms. The molecule has 1 aromatic carbocycles. The van der Waals surface area contributed by atoms with Crippen molar-refractivity contribution >= 4 is 44.2 Å². The predicted octanol–water partition coefficient (Wildman–Crippen LogP) is 3.89. The fraction of sp³-hybridized carbons (Fsp3) is 0.0500. The zero-order valence-electron chi connectivity index (χ0n) is 14.8. The number of carbonyl (C=O) groups is 1. The number of amides is 1. The number of thiazole rings is 1. The Morgan fingerprint density at radius 2 is 2.00 bits per heavy atom. The first kappa shape index (κ1) is 16.5. The molecule has 0 saturated heterocycles. The summed E-state index contributed by atoms with van der Waals surface area (Å²) in [4.78, 5) is 25.9. The predicted molar refractivity (Wildman–Crippen MR) is 109 cm³/mol. The molecule has 5 rings (SSSR count). The molecule has 1 amide bonds. The van der Waals surface area contributed by atoms with Crippen molar-refractivity contribution in [3.8, 4) is 11.3 Å². The Bertz CT molecular complexity index is 1340. The van der Waals surface area contributed by atoms with Crippen LogP contribution in [0.4, 0.5) is 5.82 Å². The highest BCUT2D eigenvalue weighted by Gasteiger charge is 2.10. The molecule has 5 aromatic rings. The Morgan fingerprint density at radius 3 is 2.86 bits per heavy atom. The van der Waals surface area contributed by atoms with E-state index in [0.29, 0.717) is 11.4 Å². The number of nitrogens with zero attached hydrogens (tertiary/aromatic N) is 5. The summed E-state index contributed by atoms with van der Waals surface area (Å²) in [6, 6.07) is 11.1. The Balaban J connectivity index is 1.45. The van der Waals surface area contributed by atoms with Crippen LogP contribution in [0.3, 0.4) is 0 Å². The molecule has 0 radical (unpaired) electrons. The van der Waals surface area contributed by atoms with Gasteiger partial charge in [-0.3, -0.25) is 9.48 Å². The summed E-state index contributed by atoms with van der Waals surface area (Å²) in [7, 11) is 1.87. The van der Waals surface area contributed by atoms with Crippen molar-refractivity contribution in [2.24, 2.45) is 7.05 Å². The molecular formula is C20H14N6OS. The maximum absolute atomic E-state index is 12.6. The second kappa shape index (κ2) is 6.50. The molecule has 4 aromatic heterocycles. The maximum Gasteiger partial charge on any atom is 0.256 e. The number of carbonyl (C=O) groups excluding carboxylic acids is 1. The molecule has 0 aliphatic rings. The lowest BCUT2D eigenvalue weighted by Gasteiger charge is -2.06. The Labute approximate surface area is 163 Å². The number of nitrogens with one attached hydrogen (secondary N) is 1. The van der Waals surface area contributed by atoms with Crippen LogP contribution in [0, 0.1) is 0 Å². The number of pyridine rings is 2. The topological polar surface area (TPSA) is 85.6 Å². The van der Waals surface area contributed by atoms with E-state index < -0.39 is 0 Å². The van der Waals surface area contributed by atoms with Crippen LogP contribution in [-0.4, -0.2) is 30.6 Å². The Kier molecular flexibility index (Phi) is 3.84. The third kappa shape index (κ3) is 2.99. The number of hydrogen-bond acceptors (Lipinski definition) is 6. The number of fused-ring (bicyclic) bond motifs is 2. The number of rotatable bonds is 3. The van der Waals surface area contributed by atoms with Gasteiger partial charge in [0.25, 0.3) is 5.91 Å². The first-order valence-electron chi connectivity index (χ1n) is 8.56. The van der Waals surface area contributed by atoms with E-state index in [9.17, 15) is 4.79 Å². The average molecular weight is 386 g/mol. The third-order valence-electron chi connectivity index (χ3n) is 4.41. The van der Waals surface area contributed by atoms with Crippen molar-refractivity contribution in [1.29, 1.82) is 0 Å². The van der Waals surface area contributed by atoms with Crippen molar-refractivity contribution in [1.82, 2.24) is 24.7 Å². The molecular weight excluding hydrogens is 372 g/mol. The van der Waals surface area contributed by atoms with Crippen LogP contribution in [0.5, 0.6) is 0 Å². The highest BCUT2D eigenvalue weighted by Crippen LogP contribution is 2.23. The van der Waals surface area contributed by atoms with Crippen molar-refractivity contribution < 1.29 is 4.79 Å². The normalized spacial score (nSPS) is 11.2. The first-order valence-corrected chi connectivity index (χ1v) is 9.44. The van der Waals surface area contributed by atoms with Crippen molar-refractivity contribution in [3.63, 3.8) is 0 Å². The zero-order chi connectivity index (χ0) is 19.1. The van der Waals surface area contributed by atoms with Crippen LogP contribution in [0.25, 0.3) is 32.4 Å². The summed E-state index contributed by atoms with van der Waals surface area (Å²) in [5, 5.41) is 7.93. The van der Waals surface area contributed by atoms with Gasteiger partial charge in [0.15, 0.2) is 0 Å². The number of hydrogen-bond donors (Lipinski definition) is 1. The number of aryl methyl sites for hydroxylation is 1. The second-order valence-electron chi connectivity index (χ2n) is 6.35. The van der Waals surface area contributed by atoms with Gasteiger partial charge in [0.05, 0.1) is 33.1 Å².